The predicted octanol–water partition coefficient (Wildman–Crippen LogP) is 3.69. The number of carbonyl (C=O) groups is 2. The van der Waals surface area contributed by atoms with Crippen molar-refractivity contribution in [1.82, 2.24) is 4.90 Å². The third kappa shape index (κ3) is 4.36. The minimum absolute atomic E-state index is 0.304. The molecule has 1 N–H and O–H groups in total. The molecule has 1 amide bonds. The molecule has 0 aliphatic carbocycles. The summed E-state index contributed by atoms with van der Waals surface area (Å²) in [5.41, 5.74) is 0.439. The first-order valence-electron chi connectivity index (χ1n) is 11.6. The van der Waals surface area contributed by atoms with Crippen LogP contribution in [0.25, 0.3) is 0 Å². The van der Waals surface area contributed by atoms with Crippen LogP contribution in [0.15, 0.2) is 96.0 Å². The molecule has 3 aromatic rings. The maximum atomic E-state index is 13.7. The summed E-state index contributed by atoms with van der Waals surface area (Å²) in [6, 6.07) is 25.6. The van der Waals surface area contributed by atoms with E-state index in [0.717, 1.165) is 16.7 Å². The summed E-state index contributed by atoms with van der Waals surface area (Å²) in [6.07, 6.45) is -1.59. The number of carbonyl (C=O) groups excluding carboxylic acids is 2. The molecule has 4 atom stereocenters. The van der Waals surface area contributed by atoms with Gasteiger partial charge in [0.2, 0.25) is 12.1 Å². The Morgan fingerprint density at radius 3 is 2.08 bits per heavy atom. The number of benzene rings is 3. The average Bonchev–Trinajstić information content (AvgIpc) is 3.32. The molecule has 0 radical (unpaired) electrons. The van der Waals surface area contributed by atoms with Crippen LogP contribution in [-0.2, 0) is 19.1 Å². The first-order chi connectivity index (χ1) is 17.4. The fraction of sp³-hybridized carbons (Fsp3) is 0.250. The van der Waals surface area contributed by atoms with Crippen LogP contribution in [0, 0.1) is 0 Å². The fourth-order valence-corrected chi connectivity index (χ4v) is 4.63. The van der Waals surface area contributed by atoms with Crippen molar-refractivity contribution in [1.29, 1.82) is 0 Å². The number of rotatable bonds is 8. The van der Waals surface area contributed by atoms with E-state index in [1.165, 1.54) is 11.8 Å². The van der Waals surface area contributed by atoms with E-state index in [2.05, 4.69) is 4.99 Å². The summed E-state index contributed by atoms with van der Waals surface area (Å²) < 4.78 is 12.0. The van der Waals surface area contributed by atoms with Crippen molar-refractivity contribution >= 4 is 29.4 Å². The third-order valence-corrected chi connectivity index (χ3v) is 6.90. The van der Waals surface area contributed by atoms with Crippen LogP contribution in [0.3, 0.4) is 0 Å². The highest BCUT2D eigenvalue weighted by Crippen LogP contribution is 2.38. The second-order valence-corrected chi connectivity index (χ2v) is 9.30. The molecule has 0 spiro atoms. The van der Waals surface area contributed by atoms with Crippen molar-refractivity contribution in [3.63, 3.8) is 0 Å². The topological polar surface area (TPSA) is 88.4 Å². The lowest BCUT2D eigenvalue weighted by Crippen LogP contribution is -2.72. The first-order valence-corrected chi connectivity index (χ1v) is 12.1. The molecule has 0 aromatic heterocycles. The molecule has 3 aromatic carbocycles. The van der Waals surface area contributed by atoms with Gasteiger partial charge in [-0.2, -0.15) is 0 Å². The summed E-state index contributed by atoms with van der Waals surface area (Å²) in [5.74, 6) is -1.22. The number of β-lactam (4-membered cyclic amide) rings is 1. The van der Waals surface area contributed by atoms with Crippen LogP contribution in [0.1, 0.15) is 29.7 Å². The number of aliphatic hydroxyl groups is 1. The zero-order valence-electron chi connectivity index (χ0n) is 19.5. The zero-order chi connectivity index (χ0) is 25.3. The number of hydrogen-bond donors (Lipinski definition) is 1. The summed E-state index contributed by atoms with van der Waals surface area (Å²) in [4.78, 5) is 32.4. The molecule has 0 saturated carbocycles. The van der Waals surface area contributed by atoms with Crippen LogP contribution < -0.4 is 0 Å². The summed E-state index contributed by atoms with van der Waals surface area (Å²) >= 11 is 6.08. The molecule has 5 rings (SSSR count). The lowest BCUT2D eigenvalue weighted by molar-refractivity contribution is -0.194. The van der Waals surface area contributed by atoms with Gasteiger partial charge in [0.25, 0.3) is 5.91 Å². The SMILES string of the molecule is CC(O)(CCl)C(C(=O)OC(c1ccccc1)c1ccccc1)N1C(=O)[C@@H]2N=C(c3ccccc3)O[C@@H]21. The molecular weight excluding hydrogens is 480 g/mol. The highest BCUT2D eigenvalue weighted by Gasteiger charge is 2.61. The van der Waals surface area contributed by atoms with Crippen molar-refractivity contribution in [2.75, 3.05) is 5.88 Å². The van der Waals surface area contributed by atoms with Crippen LogP contribution in [0.2, 0.25) is 0 Å². The van der Waals surface area contributed by atoms with Gasteiger partial charge in [-0.3, -0.25) is 9.69 Å². The minimum Gasteiger partial charge on any atom is -0.451 e. The Balaban J connectivity index is 1.44. The van der Waals surface area contributed by atoms with Crippen molar-refractivity contribution in [3.8, 4) is 0 Å². The molecule has 8 heteroatoms. The molecule has 2 heterocycles. The Kier molecular flexibility index (Phi) is 6.51. The Labute approximate surface area is 213 Å². The molecule has 7 nitrogen and oxygen atoms in total. The number of fused-ring (bicyclic) bond motifs is 1. The Bertz CT molecular complexity index is 1230. The molecule has 1 saturated heterocycles. The Morgan fingerprint density at radius 1 is 1.03 bits per heavy atom. The molecule has 1 fully saturated rings. The van der Waals surface area contributed by atoms with E-state index in [-0.39, 0.29) is 5.88 Å². The van der Waals surface area contributed by atoms with Gasteiger partial charge in [-0.15, -0.1) is 11.6 Å². The van der Waals surface area contributed by atoms with Gasteiger partial charge in [-0.1, -0.05) is 78.9 Å². The fourth-order valence-electron chi connectivity index (χ4n) is 4.48. The minimum atomic E-state index is -1.78. The van der Waals surface area contributed by atoms with E-state index in [1.54, 1.807) is 0 Å². The monoisotopic (exact) mass is 504 g/mol. The highest BCUT2D eigenvalue weighted by atomic mass is 35.5. The smallest absolute Gasteiger partial charge is 0.333 e. The molecule has 0 bridgehead atoms. The largest absolute Gasteiger partial charge is 0.451 e. The Morgan fingerprint density at radius 2 is 1.56 bits per heavy atom. The maximum absolute atomic E-state index is 13.7. The van der Waals surface area contributed by atoms with Crippen LogP contribution >= 0.6 is 11.6 Å². The van der Waals surface area contributed by atoms with Gasteiger partial charge in [-0.25, -0.2) is 9.79 Å². The van der Waals surface area contributed by atoms with E-state index >= 15 is 0 Å². The van der Waals surface area contributed by atoms with Crippen molar-refractivity contribution in [2.24, 2.45) is 4.99 Å². The van der Waals surface area contributed by atoms with Gasteiger partial charge < -0.3 is 14.6 Å². The van der Waals surface area contributed by atoms with Gasteiger partial charge in [-0.05, 0) is 30.2 Å². The number of halogens is 1. The second-order valence-electron chi connectivity index (χ2n) is 9.03. The van der Waals surface area contributed by atoms with Crippen molar-refractivity contribution in [3.05, 3.63) is 108 Å². The second kappa shape index (κ2) is 9.76. The van der Waals surface area contributed by atoms with Gasteiger partial charge in [0.05, 0.1) is 5.88 Å². The maximum Gasteiger partial charge on any atom is 0.333 e. The van der Waals surface area contributed by atoms with E-state index in [0.29, 0.717) is 5.90 Å². The quantitative estimate of drug-likeness (QED) is 0.287. The number of esters is 1. The Hall–Kier alpha value is -3.68. The lowest BCUT2D eigenvalue weighted by Gasteiger charge is -2.48. The summed E-state index contributed by atoms with van der Waals surface area (Å²) in [5, 5.41) is 11.1. The number of aliphatic imine (C=N–C) groups is 1. The van der Waals surface area contributed by atoms with E-state index in [1.807, 2.05) is 91.0 Å². The third-order valence-electron chi connectivity index (χ3n) is 6.36. The lowest BCUT2D eigenvalue weighted by atomic mass is 9.91. The van der Waals surface area contributed by atoms with Gasteiger partial charge in [0, 0.05) is 5.56 Å². The average molecular weight is 505 g/mol. The van der Waals surface area contributed by atoms with Crippen LogP contribution in [0.5, 0.6) is 0 Å². The van der Waals surface area contributed by atoms with Crippen molar-refractivity contribution in [2.45, 2.75) is 36.9 Å². The van der Waals surface area contributed by atoms with Gasteiger partial charge >= 0.3 is 5.97 Å². The van der Waals surface area contributed by atoms with Gasteiger partial charge in [0.1, 0.15) is 5.60 Å². The predicted molar refractivity (Wildman–Crippen MR) is 134 cm³/mol. The first kappa shape index (κ1) is 24.0. The number of ether oxygens (including phenoxy) is 2. The zero-order valence-corrected chi connectivity index (χ0v) is 20.3. The van der Waals surface area contributed by atoms with Crippen molar-refractivity contribution < 1.29 is 24.2 Å². The van der Waals surface area contributed by atoms with Gasteiger partial charge in [0.15, 0.2) is 18.2 Å². The van der Waals surface area contributed by atoms with E-state index in [9.17, 15) is 14.7 Å². The van der Waals surface area contributed by atoms with E-state index in [4.69, 9.17) is 21.1 Å². The standard InChI is InChI=1S/C28H25ClN2O5/c1-28(34,17-29)23(31-25(32)21-26(31)36-24(30-21)20-15-9-4-10-16-20)27(33)35-22(18-11-5-2-6-12-18)19-13-7-3-8-14-19/h2-16,21-23,26,34H,17H2,1H3/t21-,23?,26-,28?/m0/s1. The molecule has 2 aliphatic rings. The molecule has 2 unspecified atom stereocenters. The molecular formula is C28H25ClN2O5. The molecule has 36 heavy (non-hydrogen) atoms. The number of nitrogens with zero attached hydrogens (tertiary/aromatic N) is 2. The number of hydrogen-bond acceptors (Lipinski definition) is 6. The summed E-state index contributed by atoms with van der Waals surface area (Å²) in [6.45, 7) is 1.40. The summed E-state index contributed by atoms with van der Waals surface area (Å²) in [7, 11) is 0. The van der Waals surface area contributed by atoms with Crippen LogP contribution in [-0.4, -0.2) is 57.6 Å². The van der Waals surface area contributed by atoms with E-state index < -0.39 is 41.9 Å². The molecule has 2 aliphatic heterocycles. The normalized spacial score (nSPS) is 21.1. The number of amides is 1. The number of likely N-dealkylation sites (tertiary alicyclic amines) is 1. The highest BCUT2D eigenvalue weighted by molar-refractivity contribution is 6.19. The molecule has 184 valence electrons. The van der Waals surface area contributed by atoms with Crippen LogP contribution in [0.4, 0.5) is 0 Å². The number of alkyl halides is 1.